The van der Waals surface area contributed by atoms with Gasteiger partial charge in [0.2, 0.25) is 0 Å². The van der Waals surface area contributed by atoms with Gasteiger partial charge in [-0.1, -0.05) is 24.3 Å². The van der Waals surface area contributed by atoms with Crippen molar-refractivity contribution in [2.24, 2.45) is 10.9 Å². The van der Waals surface area contributed by atoms with Gasteiger partial charge in [-0.15, -0.1) is 24.0 Å². The molecule has 1 saturated heterocycles. The zero-order valence-corrected chi connectivity index (χ0v) is 21.6. The van der Waals surface area contributed by atoms with E-state index in [4.69, 9.17) is 4.74 Å². The number of para-hydroxylation sites is 2. The number of ether oxygens (including phenoxy) is 1. The van der Waals surface area contributed by atoms with Crippen molar-refractivity contribution < 1.29 is 9.53 Å². The van der Waals surface area contributed by atoms with Crippen LogP contribution in [0.2, 0.25) is 0 Å². The van der Waals surface area contributed by atoms with Crippen molar-refractivity contribution in [3.63, 3.8) is 0 Å². The smallest absolute Gasteiger partial charge is 0.253 e. The topological polar surface area (TPSA) is 69.2 Å². The largest absolute Gasteiger partial charge is 0.495 e. The van der Waals surface area contributed by atoms with Crippen molar-refractivity contribution >= 4 is 41.5 Å². The van der Waals surface area contributed by atoms with Crippen LogP contribution in [0.15, 0.2) is 53.5 Å². The van der Waals surface area contributed by atoms with E-state index in [1.54, 1.807) is 33.2 Å². The molecule has 1 aliphatic rings. The van der Waals surface area contributed by atoms with Crippen LogP contribution >= 0.6 is 24.0 Å². The lowest BCUT2D eigenvalue weighted by Crippen LogP contribution is -2.40. The highest BCUT2D eigenvalue weighted by Gasteiger charge is 2.24. The number of hydrogen-bond acceptors (Lipinski definition) is 4. The molecule has 2 N–H and O–H groups in total. The minimum Gasteiger partial charge on any atom is -0.495 e. The van der Waals surface area contributed by atoms with Gasteiger partial charge in [-0.25, -0.2) is 0 Å². The maximum Gasteiger partial charge on any atom is 0.253 e. The van der Waals surface area contributed by atoms with Gasteiger partial charge in [-0.2, -0.15) is 0 Å². The average Bonchev–Trinajstić information content (AvgIpc) is 3.27. The Kier molecular flexibility index (Phi) is 10.1. The molecule has 1 amide bonds. The Labute approximate surface area is 208 Å². The number of rotatable bonds is 7. The summed E-state index contributed by atoms with van der Waals surface area (Å²) in [6, 6.07) is 15.8. The Morgan fingerprint density at radius 3 is 2.53 bits per heavy atom. The second kappa shape index (κ2) is 12.5. The lowest BCUT2D eigenvalue weighted by atomic mass is 10.1. The first-order chi connectivity index (χ1) is 15.0. The van der Waals surface area contributed by atoms with Crippen LogP contribution in [0.3, 0.4) is 0 Å². The number of hydrogen-bond donors (Lipinski definition) is 2. The Balaban J connectivity index is 0.00000363. The summed E-state index contributed by atoms with van der Waals surface area (Å²) in [5.41, 5.74) is 2.95. The third kappa shape index (κ3) is 6.75. The third-order valence-electron chi connectivity index (χ3n) is 5.56. The lowest BCUT2D eigenvalue weighted by molar-refractivity contribution is 0.0827. The van der Waals surface area contributed by atoms with Crippen LogP contribution in [0.5, 0.6) is 5.75 Å². The number of benzene rings is 2. The molecule has 1 heterocycles. The average molecular weight is 551 g/mol. The Bertz CT molecular complexity index is 902. The van der Waals surface area contributed by atoms with E-state index in [1.165, 1.54) is 0 Å². The molecule has 174 valence electrons. The number of aliphatic imine (C=N–C) groups is 1. The summed E-state index contributed by atoms with van der Waals surface area (Å²) in [5.74, 6) is 2.26. The molecule has 7 nitrogen and oxygen atoms in total. The van der Waals surface area contributed by atoms with Crippen LogP contribution in [-0.4, -0.2) is 64.7 Å². The highest BCUT2D eigenvalue weighted by molar-refractivity contribution is 14.0. The molecule has 1 aliphatic heterocycles. The van der Waals surface area contributed by atoms with Crippen LogP contribution < -0.4 is 20.3 Å². The van der Waals surface area contributed by atoms with Crippen molar-refractivity contribution in [2.45, 2.75) is 13.0 Å². The van der Waals surface area contributed by atoms with Gasteiger partial charge in [-0.05, 0) is 42.2 Å². The fourth-order valence-electron chi connectivity index (χ4n) is 3.78. The molecule has 32 heavy (non-hydrogen) atoms. The van der Waals surface area contributed by atoms with Gasteiger partial charge in [0.15, 0.2) is 5.96 Å². The monoisotopic (exact) mass is 551 g/mol. The quantitative estimate of drug-likeness (QED) is 0.315. The second-order valence-electron chi connectivity index (χ2n) is 7.98. The maximum absolute atomic E-state index is 12.0. The molecule has 3 rings (SSSR count). The van der Waals surface area contributed by atoms with Crippen LogP contribution in [0.1, 0.15) is 22.3 Å². The van der Waals surface area contributed by atoms with E-state index in [-0.39, 0.29) is 29.9 Å². The summed E-state index contributed by atoms with van der Waals surface area (Å²) in [6.45, 7) is 3.53. The molecule has 0 radical (unpaired) electrons. The third-order valence-corrected chi connectivity index (χ3v) is 5.56. The zero-order valence-electron chi connectivity index (χ0n) is 19.3. The standard InChI is InChI=1S/C24H33N5O2.HI/c1-25-24(26-15-18-9-11-20(12-10-18)23(30)28(2)3)27-16-19-13-14-29(17-19)21-7-5-6-8-22(21)31-4;/h5-12,19H,13-17H2,1-4H3,(H2,25,26,27);1H. The first-order valence-corrected chi connectivity index (χ1v) is 10.6. The summed E-state index contributed by atoms with van der Waals surface area (Å²) in [5, 5.41) is 6.80. The molecule has 8 heteroatoms. The number of anilines is 1. The van der Waals surface area contributed by atoms with E-state index in [9.17, 15) is 4.79 Å². The number of carbonyl (C=O) groups is 1. The van der Waals surface area contributed by atoms with E-state index in [0.29, 0.717) is 18.0 Å². The van der Waals surface area contributed by atoms with E-state index in [0.717, 1.165) is 49.0 Å². The van der Waals surface area contributed by atoms with Crippen LogP contribution in [0.4, 0.5) is 5.69 Å². The summed E-state index contributed by atoms with van der Waals surface area (Å²) in [6.07, 6.45) is 1.13. The molecule has 0 spiro atoms. The van der Waals surface area contributed by atoms with E-state index < -0.39 is 0 Å². The van der Waals surface area contributed by atoms with Crippen LogP contribution in [-0.2, 0) is 6.54 Å². The molecule has 1 atom stereocenters. The van der Waals surface area contributed by atoms with E-state index in [2.05, 4.69) is 32.7 Å². The van der Waals surface area contributed by atoms with Crippen molar-refractivity contribution in [3.05, 3.63) is 59.7 Å². The summed E-state index contributed by atoms with van der Waals surface area (Å²) >= 11 is 0. The first-order valence-electron chi connectivity index (χ1n) is 10.6. The maximum atomic E-state index is 12.0. The number of nitrogens with one attached hydrogen (secondary N) is 2. The van der Waals surface area contributed by atoms with Gasteiger partial charge in [0, 0.05) is 52.9 Å². The number of halogens is 1. The van der Waals surface area contributed by atoms with Crippen molar-refractivity contribution in [1.82, 2.24) is 15.5 Å². The normalized spacial score (nSPS) is 15.7. The number of methoxy groups -OCH3 is 1. The molecule has 1 unspecified atom stereocenters. The van der Waals surface area contributed by atoms with Gasteiger partial charge in [0.05, 0.1) is 12.8 Å². The molecule has 2 aromatic rings. The lowest BCUT2D eigenvalue weighted by Gasteiger charge is -2.21. The minimum atomic E-state index is 0. The van der Waals surface area contributed by atoms with Crippen molar-refractivity contribution in [2.75, 3.05) is 52.8 Å². The highest BCUT2D eigenvalue weighted by Crippen LogP contribution is 2.31. The Morgan fingerprint density at radius 2 is 1.88 bits per heavy atom. The molecule has 0 aliphatic carbocycles. The molecule has 0 bridgehead atoms. The first kappa shape index (κ1) is 25.8. The van der Waals surface area contributed by atoms with Gasteiger partial charge >= 0.3 is 0 Å². The van der Waals surface area contributed by atoms with Gasteiger partial charge < -0.3 is 25.2 Å². The van der Waals surface area contributed by atoms with Gasteiger partial charge in [-0.3, -0.25) is 9.79 Å². The molecule has 0 saturated carbocycles. The number of carbonyl (C=O) groups excluding carboxylic acids is 1. The van der Waals surface area contributed by atoms with Crippen LogP contribution in [0.25, 0.3) is 0 Å². The summed E-state index contributed by atoms with van der Waals surface area (Å²) in [4.78, 5) is 20.3. The Hall–Kier alpha value is -2.49. The van der Waals surface area contributed by atoms with Crippen molar-refractivity contribution in [3.8, 4) is 5.75 Å². The predicted octanol–water partition coefficient (Wildman–Crippen LogP) is 3.21. The fraction of sp³-hybridized carbons (Fsp3) is 0.417. The molecular formula is C24H34IN5O2. The number of nitrogens with zero attached hydrogens (tertiary/aromatic N) is 3. The van der Waals surface area contributed by atoms with Gasteiger partial charge in [0.25, 0.3) is 5.91 Å². The van der Waals surface area contributed by atoms with Crippen molar-refractivity contribution in [1.29, 1.82) is 0 Å². The molecule has 1 fully saturated rings. The zero-order chi connectivity index (χ0) is 22.2. The second-order valence-corrected chi connectivity index (χ2v) is 7.98. The van der Waals surface area contributed by atoms with E-state index >= 15 is 0 Å². The minimum absolute atomic E-state index is 0. The van der Waals surface area contributed by atoms with Crippen LogP contribution in [0, 0.1) is 5.92 Å². The van der Waals surface area contributed by atoms with E-state index in [1.807, 2.05) is 36.4 Å². The highest BCUT2D eigenvalue weighted by atomic mass is 127. The number of amides is 1. The summed E-state index contributed by atoms with van der Waals surface area (Å²) < 4.78 is 5.51. The number of guanidine groups is 1. The molecular weight excluding hydrogens is 517 g/mol. The predicted molar refractivity (Wildman–Crippen MR) is 141 cm³/mol. The summed E-state index contributed by atoms with van der Waals surface area (Å²) in [7, 11) is 7.02. The van der Waals surface area contributed by atoms with Gasteiger partial charge in [0.1, 0.15) is 5.75 Å². The SMILES string of the molecule is CN=C(NCc1ccc(C(=O)N(C)C)cc1)NCC1CCN(c2ccccc2OC)C1.I. The molecule has 0 aromatic heterocycles. The Morgan fingerprint density at radius 1 is 1.16 bits per heavy atom. The fourth-order valence-corrected chi connectivity index (χ4v) is 3.78. The molecule has 2 aromatic carbocycles.